The number of unbranched alkanes of at least 4 members (excludes halogenated alkanes) is 4. The van der Waals surface area contributed by atoms with Crippen molar-refractivity contribution in [3.05, 3.63) is 12.7 Å². The van der Waals surface area contributed by atoms with Crippen LogP contribution in [0.1, 0.15) is 78.1 Å². The third-order valence-electron chi connectivity index (χ3n) is 4.79. The number of rotatable bonds is 17. The number of hydrogen-bond donors (Lipinski definition) is 2. The Morgan fingerprint density at radius 2 is 1.62 bits per heavy atom. The van der Waals surface area contributed by atoms with Crippen LogP contribution in [0.3, 0.4) is 0 Å². The highest BCUT2D eigenvalue weighted by molar-refractivity contribution is 5.66. The average Bonchev–Trinajstić information content (AvgIpc) is 2.54. The topological polar surface area (TPSA) is 57.5 Å². The van der Waals surface area contributed by atoms with Gasteiger partial charge in [-0.15, -0.1) is 6.58 Å². The van der Waals surface area contributed by atoms with Crippen LogP contribution < -0.4 is 0 Å². The number of allylic oxidation sites excluding steroid dienone is 1. The molecule has 0 aromatic rings. The molecule has 0 fully saturated rings. The summed E-state index contributed by atoms with van der Waals surface area (Å²) in [6.07, 6.45) is 11.1. The summed E-state index contributed by atoms with van der Waals surface area (Å²) in [5.74, 6) is -0.718. The number of carbonyl (C=O) groups is 1. The van der Waals surface area contributed by atoms with E-state index in [4.69, 9.17) is 5.11 Å². The summed E-state index contributed by atoms with van der Waals surface area (Å²) in [7, 11) is 0. The molecule has 0 aromatic carbocycles. The predicted molar refractivity (Wildman–Crippen MR) is 101 cm³/mol. The molecular formula is C20H40NO3+. The lowest BCUT2D eigenvalue weighted by molar-refractivity contribution is -0.931. The summed E-state index contributed by atoms with van der Waals surface area (Å²) in [6, 6.07) is 0. The molecule has 0 rings (SSSR count). The first-order valence-corrected chi connectivity index (χ1v) is 9.85. The number of carboxylic acid groups (broad SMARTS) is 1. The smallest absolute Gasteiger partial charge is 0.303 e. The largest absolute Gasteiger partial charge is 0.481 e. The van der Waals surface area contributed by atoms with Gasteiger partial charge in [0.2, 0.25) is 0 Å². The van der Waals surface area contributed by atoms with Gasteiger partial charge in [-0.2, -0.15) is 0 Å². The molecular weight excluding hydrogens is 302 g/mol. The van der Waals surface area contributed by atoms with Crippen molar-refractivity contribution in [2.75, 3.05) is 26.2 Å². The van der Waals surface area contributed by atoms with Gasteiger partial charge in [0.15, 0.2) is 0 Å². The van der Waals surface area contributed by atoms with Gasteiger partial charge in [0, 0.05) is 6.42 Å². The van der Waals surface area contributed by atoms with Gasteiger partial charge >= 0.3 is 5.97 Å². The maximum atomic E-state index is 10.9. The lowest BCUT2D eigenvalue weighted by Crippen LogP contribution is -2.54. The SMILES string of the molecule is C=CCCCCC(O)C[N+](CCCC)(CCCC)CCCC(=O)O. The van der Waals surface area contributed by atoms with Crippen LogP contribution in [0, 0.1) is 0 Å². The Labute approximate surface area is 149 Å². The first-order chi connectivity index (χ1) is 11.5. The molecule has 1 unspecified atom stereocenters. The van der Waals surface area contributed by atoms with E-state index in [9.17, 15) is 9.90 Å². The van der Waals surface area contributed by atoms with E-state index in [2.05, 4.69) is 20.4 Å². The van der Waals surface area contributed by atoms with Crippen LogP contribution in [0.15, 0.2) is 12.7 Å². The summed E-state index contributed by atoms with van der Waals surface area (Å²) in [6.45, 7) is 11.9. The summed E-state index contributed by atoms with van der Waals surface area (Å²) in [5, 5.41) is 19.5. The van der Waals surface area contributed by atoms with Crippen molar-refractivity contribution in [3.63, 3.8) is 0 Å². The van der Waals surface area contributed by atoms with Gasteiger partial charge in [-0.05, 0) is 32.1 Å². The number of aliphatic hydroxyl groups is 1. The van der Waals surface area contributed by atoms with Gasteiger partial charge < -0.3 is 14.7 Å². The van der Waals surface area contributed by atoms with E-state index in [0.29, 0.717) is 6.42 Å². The molecule has 24 heavy (non-hydrogen) atoms. The Kier molecular flexibility index (Phi) is 13.9. The second kappa shape index (κ2) is 14.5. The summed E-state index contributed by atoms with van der Waals surface area (Å²) >= 11 is 0. The van der Waals surface area contributed by atoms with E-state index in [0.717, 1.165) is 82.0 Å². The fraction of sp³-hybridized carbons (Fsp3) is 0.850. The van der Waals surface area contributed by atoms with E-state index in [1.165, 1.54) is 0 Å². The van der Waals surface area contributed by atoms with Gasteiger partial charge in [-0.3, -0.25) is 4.79 Å². The van der Waals surface area contributed by atoms with Crippen LogP contribution >= 0.6 is 0 Å². The van der Waals surface area contributed by atoms with Crippen molar-refractivity contribution >= 4 is 5.97 Å². The van der Waals surface area contributed by atoms with Crippen molar-refractivity contribution in [1.29, 1.82) is 0 Å². The summed E-state index contributed by atoms with van der Waals surface area (Å²) in [4.78, 5) is 10.9. The van der Waals surface area contributed by atoms with Crippen molar-refractivity contribution in [2.24, 2.45) is 0 Å². The first kappa shape index (κ1) is 23.1. The fourth-order valence-electron chi connectivity index (χ4n) is 3.37. The molecule has 0 aliphatic carbocycles. The van der Waals surface area contributed by atoms with Crippen LogP contribution in [0.4, 0.5) is 0 Å². The molecule has 0 aliphatic heterocycles. The number of quaternary nitrogens is 1. The molecule has 0 radical (unpaired) electrons. The molecule has 0 saturated heterocycles. The molecule has 4 heteroatoms. The number of nitrogens with zero attached hydrogens (tertiary/aromatic N) is 1. The molecule has 0 aliphatic rings. The zero-order chi connectivity index (χ0) is 18.3. The highest BCUT2D eigenvalue weighted by Crippen LogP contribution is 2.18. The van der Waals surface area contributed by atoms with Gasteiger partial charge in [-0.25, -0.2) is 0 Å². The third kappa shape index (κ3) is 11.6. The average molecular weight is 343 g/mol. The van der Waals surface area contributed by atoms with Crippen LogP contribution in [-0.2, 0) is 4.79 Å². The minimum Gasteiger partial charge on any atom is -0.481 e. The van der Waals surface area contributed by atoms with Gasteiger partial charge in [0.05, 0.1) is 26.1 Å². The first-order valence-electron chi connectivity index (χ1n) is 9.85. The Bertz CT molecular complexity index is 323. The maximum Gasteiger partial charge on any atom is 0.303 e. The number of aliphatic hydroxyl groups excluding tert-OH is 1. The summed E-state index contributed by atoms with van der Waals surface area (Å²) < 4.78 is 0.886. The zero-order valence-electron chi connectivity index (χ0n) is 16.0. The molecule has 2 N–H and O–H groups in total. The Balaban J connectivity index is 4.73. The molecule has 142 valence electrons. The second-order valence-electron chi connectivity index (χ2n) is 7.13. The second-order valence-corrected chi connectivity index (χ2v) is 7.13. The Morgan fingerprint density at radius 1 is 1.04 bits per heavy atom. The van der Waals surface area contributed by atoms with Crippen LogP contribution in [0.25, 0.3) is 0 Å². The Hall–Kier alpha value is -0.870. The minimum absolute atomic E-state index is 0.230. The number of aliphatic carboxylic acids is 1. The van der Waals surface area contributed by atoms with Gasteiger partial charge in [0.25, 0.3) is 0 Å². The van der Waals surface area contributed by atoms with Crippen molar-refractivity contribution in [3.8, 4) is 0 Å². The van der Waals surface area contributed by atoms with E-state index in [1.54, 1.807) is 0 Å². The highest BCUT2D eigenvalue weighted by atomic mass is 16.4. The minimum atomic E-state index is -0.718. The van der Waals surface area contributed by atoms with E-state index < -0.39 is 5.97 Å². The van der Waals surface area contributed by atoms with E-state index >= 15 is 0 Å². The summed E-state index contributed by atoms with van der Waals surface area (Å²) in [5.41, 5.74) is 0. The molecule has 4 nitrogen and oxygen atoms in total. The molecule has 0 bridgehead atoms. The molecule has 1 atom stereocenters. The van der Waals surface area contributed by atoms with Gasteiger partial charge in [-0.1, -0.05) is 39.2 Å². The van der Waals surface area contributed by atoms with Crippen molar-refractivity contribution in [1.82, 2.24) is 0 Å². The van der Waals surface area contributed by atoms with Crippen molar-refractivity contribution < 1.29 is 19.5 Å². The Morgan fingerprint density at radius 3 is 2.12 bits per heavy atom. The maximum absolute atomic E-state index is 10.9. The standard InChI is InChI=1S/C20H39NO3/c1-4-7-10-11-13-19(22)18-21(15-8-5-2,16-9-6-3)17-12-14-20(23)24/h4,19,22H,1,5-18H2,2-3H3/p+1. The number of hydrogen-bond acceptors (Lipinski definition) is 2. The third-order valence-corrected chi connectivity index (χ3v) is 4.79. The normalized spacial score (nSPS) is 13.0. The molecule has 0 saturated carbocycles. The highest BCUT2D eigenvalue weighted by Gasteiger charge is 2.29. The quantitative estimate of drug-likeness (QED) is 0.234. The molecule has 0 spiro atoms. The van der Waals surface area contributed by atoms with E-state index in [-0.39, 0.29) is 12.5 Å². The molecule has 0 aromatic heterocycles. The monoisotopic (exact) mass is 342 g/mol. The lowest BCUT2D eigenvalue weighted by Gasteiger charge is -2.40. The predicted octanol–water partition coefficient (Wildman–Crippen LogP) is 4.38. The number of carboxylic acids is 1. The zero-order valence-corrected chi connectivity index (χ0v) is 16.0. The van der Waals surface area contributed by atoms with Crippen molar-refractivity contribution in [2.45, 2.75) is 84.2 Å². The van der Waals surface area contributed by atoms with Crippen LogP contribution in [-0.4, -0.2) is 52.9 Å². The lowest BCUT2D eigenvalue weighted by atomic mass is 10.1. The van der Waals surface area contributed by atoms with Gasteiger partial charge in [0.1, 0.15) is 12.6 Å². The fourth-order valence-corrected chi connectivity index (χ4v) is 3.37. The van der Waals surface area contributed by atoms with Crippen LogP contribution in [0.5, 0.6) is 0 Å². The molecule has 0 heterocycles. The van der Waals surface area contributed by atoms with Crippen LogP contribution in [0.2, 0.25) is 0 Å². The van der Waals surface area contributed by atoms with E-state index in [1.807, 2.05) is 6.08 Å². The molecule has 0 amide bonds.